The van der Waals surface area contributed by atoms with Crippen molar-refractivity contribution in [1.82, 2.24) is 5.32 Å². The van der Waals surface area contributed by atoms with Gasteiger partial charge >= 0.3 is 0 Å². The highest BCUT2D eigenvalue weighted by molar-refractivity contribution is 5.91. The number of nitrogens with one attached hydrogen (secondary N) is 2. The maximum Gasteiger partial charge on any atom is 0.262 e. The van der Waals surface area contributed by atoms with Crippen molar-refractivity contribution in [2.24, 2.45) is 0 Å². The number of hydrogen-bond donors (Lipinski definition) is 2. The van der Waals surface area contributed by atoms with E-state index in [1.807, 2.05) is 49.4 Å². The summed E-state index contributed by atoms with van der Waals surface area (Å²) >= 11 is 0. The van der Waals surface area contributed by atoms with Crippen LogP contribution in [0.3, 0.4) is 0 Å². The quantitative estimate of drug-likeness (QED) is 0.694. The second kappa shape index (κ2) is 10.1. The third-order valence-electron chi connectivity index (χ3n) is 4.65. The SMILES string of the molecule is COc1cc(CNC[C@@H]2CCCO2)ccc1OCC(=O)Nc1ccc(C)cc1. The number of hydrogen-bond acceptors (Lipinski definition) is 5. The number of ether oxygens (including phenoxy) is 3. The fourth-order valence-corrected chi connectivity index (χ4v) is 3.10. The zero-order chi connectivity index (χ0) is 19.8. The smallest absolute Gasteiger partial charge is 0.262 e. The third kappa shape index (κ3) is 5.97. The summed E-state index contributed by atoms with van der Waals surface area (Å²) in [4.78, 5) is 12.1. The Morgan fingerprint density at radius 2 is 2.00 bits per heavy atom. The van der Waals surface area contributed by atoms with Gasteiger partial charge in [-0.05, 0) is 49.6 Å². The van der Waals surface area contributed by atoms with Gasteiger partial charge in [-0.1, -0.05) is 23.8 Å². The van der Waals surface area contributed by atoms with E-state index in [1.165, 1.54) is 0 Å². The van der Waals surface area contributed by atoms with Crippen molar-refractivity contribution >= 4 is 11.6 Å². The van der Waals surface area contributed by atoms with E-state index in [0.29, 0.717) is 17.6 Å². The Hall–Kier alpha value is -2.57. The predicted molar refractivity (Wildman–Crippen MR) is 109 cm³/mol. The molecule has 28 heavy (non-hydrogen) atoms. The molecule has 150 valence electrons. The molecule has 0 aromatic heterocycles. The Labute approximate surface area is 166 Å². The lowest BCUT2D eigenvalue weighted by Crippen LogP contribution is -2.25. The molecule has 0 spiro atoms. The number of carbonyl (C=O) groups excluding carboxylic acids is 1. The number of amides is 1. The summed E-state index contributed by atoms with van der Waals surface area (Å²) in [5.41, 5.74) is 2.98. The van der Waals surface area contributed by atoms with Gasteiger partial charge < -0.3 is 24.8 Å². The van der Waals surface area contributed by atoms with Crippen LogP contribution in [0.4, 0.5) is 5.69 Å². The minimum atomic E-state index is -0.215. The number of rotatable bonds is 9. The van der Waals surface area contributed by atoms with Crippen molar-refractivity contribution in [3.8, 4) is 11.5 Å². The Bertz CT molecular complexity index is 771. The van der Waals surface area contributed by atoms with Gasteiger partial charge in [0, 0.05) is 25.4 Å². The van der Waals surface area contributed by atoms with E-state index in [4.69, 9.17) is 14.2 Å². The lowest BCUT2D eigenvalue weighted by Gasteiger charge is -2.14. The highest BCUT2D eigenvalue weighted by Crippen LogP contribution is 2.28. The number of carbonyl (C=O) groups is 1. The Morgan fingerprint density at radius 3 is 2.71 bits per heavy atom. The van der Waals surface area contributed by atoms with Crippen LogP contribution < -0.4 is 20.1 Å². The summed E-state index contributed by atoms with van der Waals surface area (Å²) in [5, 5.41) is 6.23. The lowest BCUT2D eigenvalue weighted by molar-refractivity contribution is -0.118. The molecule has 0 aliphatic carbocycles. The summed E-state index contributed by atoms with van der Waals surface area (Å²) in [6.07, 6.45) is 2.58. The van der Waals surface area contributed by atoms with Crippen molar-refractivity contribution in [2.75, 3.05) is 32.2 Å². The molecule has 1 heterocycles. The van der Waals surface area contributed by atoms with Gasteiger partial charge in [0.05, 0.1) is 13.2 Å². The van der Waals surface area contributed by atoms with Gasteiger partial charge in [-0.2, -0.15) is 0 Å². The molecule has 1 aliphatic rings. The lowest BCUT2D eigenvalue weighted by atomic mass is 10.2. The average Bonchev–Trinajstić information content (AvgIpc) is 3.22. The van der Waals surface area contributed by atoms with E-state index in [0.717, 1.165) is 49.4 Å². The summed E-state index contributed by atoms with van der Waals surface area (Å²) in [7, 11) is 1.60. The van der Waals surface area contributed by atoms with Crippen LogP contribution in [-0.4, -0.2) is 38.9 Å². The number of benzene rings is 2. The maximum atomic E-state index is 12.1. The molecule has 6 nitrogen and oxygen atoms in total. The van der Waals surface area contributed by atoms with Crippen LogP contribution in [0.25, 0.3) is 0 Å². The normalized spacial score (nSPS) is 16.0. The molecule has 3 rings (SSSR count). The van der Waals surface area contributed by atoms with Gasteiger partial charge in [-0.3, -0.25) is 4.79 Å². The predicted octanol–water partition coefficient (Wildman–Crippen LogP) is 3.29. The molecular weight excluding hydrogens is 356 g/mol. The first kappa shape index (κ1) is 20.2. The van der Waals surface area contributed by atoms with Crippen LogP contribution in [0.15, 0.2) is 42.5 Å². The van der Waals surface area contributed by atoms with Crippen LogP contribution >= 0.6 is 0 Å². The first-order valence-electron chi connectivity index (χ1n) is 9.62. The topological polar surface area (TPSA) is 68.8 Å². The van der Waals surface area contributed by atoms with Crippen molar-refractivity contribution in [1.29, 1.82) is 0 Å². The van der Waals surface area contributed by atoms with Crippen molar-refractivity contribution in [3.63, 3.8) is 0 Å². The largest absolute Gasteiger partial charge is 0.493 e. The molecule has 0 radical (unpaired) electrons. The van der Waals surface area contributed by atoms with E-state index in [-0.39, 0.29) is 12.5 Å². The third-order valence-corrected chi connectivity index (χ3v) is 4.65. The van der Waals surface area contributed by atoms with Crippen molar-refractivity contribution in [3.05, 3.63) is 53.6 Å². The fraction of sp³-hybridized carbons (Fsp3) is 0.409. The maximum absolute atomic E-state index is 12.1. The minimum absolute atomic E-state index is 0.0825. The van der Waals surface area contributed by atoms with Crippen LogP contribution in [0.1, 0.15) is 24.0 Å². The molecule has 0 unspecified atom stereocenters. The Morgan fingerprint density at radius 1 is 1.18 bits per heavy atom. The molecule has 1 aliphatic heterocycles. The van der Waals surface area contributed by atoms with Crippen LogP contribution in [0.5, 0.6) is 11.5 Å². The molecule has 1 atom stereocenters. The van der Waals surface area contributed by atoms with Gasteiger partial charge in [0.2, 0.25) is 0 Å². The molecule has 0 bridgehead atoms. The molecule has 1 fully saturated rings. The Balaban J connectivity index is 1.48. The van der Waals surface area contributed by atoms with Gasteiger partial charge in [-0.25, -0.2) is 0 Å². The van der Waals surface area contributed by atoms with E-state index in [2.05, 4.69) is 10.6 Å². The van der Waals surface area contributed by atoms with Gasteiger partial charge in [0.1, 0.15) is 0 Å². The summed E-state index contributed by atoms with van der Waals surface area (Å²) in [6.45, 7) is 4.36. The molecule has 6 heteroatoms. The first-order chi connectivity index (χ1) is 13.6. The second-order valence-corrected chi connectivity index (χ2v) is 6.95. The van der Waals surface area contributed by atoms with Gasteiger partial charge in [0.15, 0.2) is 18.1 Å². The van der Waals surface area contributed by atoms with Crippen LogP contribution in [-0.2, 0) is 16.1 Å². The van der Waals surface area contributed by atoms with E-state index in [1.54, 1.807) is 7.11 Å². The number of anilines is 1. The van der Waals surface area contributed by atoms with Crippen molar-refractivity contribution < 1.29 is 19.0 Å². The molecule has 1 saturated heterocycles. The molecule has 1 amide bonds. The summed E-state index contributed by atoms with van der Waals surface area (Å²) < 4.78 is 16.7. The monoisotopic (exact) mass is 384 g/mol. The van der Waals surface area contributed by atoms with Crippen LogP contribution in [0, 0.1) is 6.92 Å². The standard InChI is InChI=1S/C22H28N2O4/c1-16-5-8-18(9-6-16)24-22(25)15-28-20-10-7-17(12-21(20)26-2)13-23-14-19-4-3-11-27-19/h5-10,12,19,23H,3-4,11,13-15H2,1-2H3,(H,24,25)/t19-/m0/s1. The highest BCUT2D eigenvalue weighted by atomic mass is 16.5. The summed E-state index contributed by atoms with van der Waals surface area (Å²) in [6, 6.07) is 13.4. The summed E-state index contributed by atoms with van der Waals surface area (Å²) in [5.74, 6) is 0.942. The molecule has 2 N–H and O–H groups in total. The van der Waals surface area contributed by atoms with E-state index in [9.17, 15) is 4.79 Å². The minimum Gasteiger partial charge on any atom is -0.493 e. The molecular formula is C22H28N2O4. The zero-order valence-electron chi connectivity index (χ0n) is 16.5. The molecule has 0 saturated carbocycles. The first-order valence-corrected chi connectivity index (χ1v) is 9.62. The molecule has 2 aromatic carbocycles. The van der Waals surface area contributed by atoms with Gasteiger partial charge in [0.25, 0.3) is 5.91 Å². The van der Waals surface area contributed by atoms with Crippen molar-refractivity contribution in [2.45, 2.75) is 32.4 Å². The van der Waals surface area contributed by atoms with E-state index >= 15 is 0 Å². The fourth-order valence-electron chi connectivity index (χ4n) is 3.10. The average molecular weight is 384 g/mol. The zero-order valence-corrected chi connectivity index (χ0v) is 16.5. The van der Waals surface area contributed by atoms with Gasteiger partial charge in [-0.15, -0.1) is 0 Å². The Kier molecular flexibility index (Phi) is 7.28. The molecule has 2 aromatic rings. The second-order valence-electron chi connectivity index (χ2n) is 6.95. The number of methoxy groups -OCH3 is 1. The van der Waals surface area contributed by atoms with E-state index < -0.39 is 0 Å². The number of aryl methyl sites for hydroxylation is 1. The highest BCUT2D eigenvalue weighted by Gasteiger charge is 2.15. The van der Waals surface area contributed by atoms with Crippen LogP contribution in [0.2, 0.25) is 0 Å².